The SMILES string of the molecule is COc1cc(C(=O)Nc2nc3ccccc3s2)c([N+](=O)[O-])cc1OCc1cscn1. The molecule has 0 unspecified atom stereocenters. The van der Waals surface area contributed by atoms with Crippen LogP contribution in [0.1, 0.15) is 16.1 Å². The largest absolute Gasteiger partial charge is 0.493 e. The normalized spacial score (nSPS) is 10.7. The number of nitro groups is 1. The number of rotatable bonds is 7. The number of thiazole rings is 2. The van der Waals surface area contributed by atoms with Crippen LogP contribution in [0, 0.1) is 10.1 Å². The number of hydrogen-bond donors (Lipinski definition) is 1. The van der Waals surface area contributed by atoms with Crippen molar-refractivity contribution in [2.24, 2.45) is 0 Å². The zero-order valence-corrected chi connectivity index (χ0v) is 17.2. The predicted octanol–water partition coefficient (Wildman–Crippen LogP) is 4.50. The lowest BCUT2D eigenvalue weighted by Gasteiger charge is -2.12. The number of nitro benzene ring substituents is 1. The molecule has 0 saturated heterocycles. The first-order chi connectivity index (χ1) is 14.5. The molecule has 1 amide bonds. The van der Waals surface area contributed by atoms with Gasteiger partial charge in [0.1, 0.15) is 12.2 Å². The molecule has 0 spiro atoms. The molecule has 0 saturated carbocycles. The standard InChI is InChI=1S/C19H14N4O5S2/c1-27-15-6-12(18(24)22-19-21-13-4-2-3-5-17(13)30-19)14(23(25)26)7-16(15)28-8-11-9-29-10-20-11/h2-7,9-10H,8H2,1H3,(H,21,22,24). The van der Waals surface area contributed by atoms with Crippen molar-refractivity contribution in [3.05, 3.63) is 68.7 Å². The summed E-state index contributed by atoms with van der Waals surface area (Å²) in [4.78, 5) is 32.2. The molecule has 0 aliphatic carbocycles. The van der Waals surface area contributed by atoms with E-state index in [1.165, 1.54) is 41.9 Å². The number of methoxy groups -OCH3 is 1. The van der Waals surface area contributed by atoms with Crippen LogP contribution in [-0.2, 0) is 6.61 Å². The molecule has 2 aromatic heterocycles. The summed E-state index contributed by atoms with van der Waals surface area (Å²) in [5.41, 5.74) is 2.52. The summed E-state index contributed by atoms with van der Waals surface area (Å²) in [5, 5.41) is 16.4. The van der Waals surface area contributed by atoms with Crippen LogP contribution in [0.3, 0.4) is 0 Å². The highest BCUT2D eigenvalue weighted by Crippen LogP contribution is 2.36. The molecule has 9 nitrogen and oxygen atoms in total. The van der Waals surface area contributed by atoms with E-state index in [0.29, 0.717) is 10.8 Å². The Labute approximate surface area is 178 Å². The van der Waals surface area contributed by atoms with Crippen molar-refractivity contribution in [3.63, 3.8) is 0 Å². The van der Waals surface area contributed by atoms with Gasteiger partial charge in [0, 0.05) is 11.4 Å². The zero-order valence-electron chi connectivity index (χ0n) is 15.5. The molecular formula is C19H14N4O5S2. The number of aromatic nitrogens is 2. The maximum atomic E-state index is 12.8. The van der Waals surface area contributed by atoms with Crippen molar-refractivity contribution in [1.29, 1.82) is 0 Å². The molecule has 0 aliphatic rings. The first-order valence-electron chi connectivity index (χ1n) is 8.58. The second kappa shape index (κ2) is 8.43. The van der Waals surface area contributed by atoms with Gasteiger partial charge in [-0.1, -0.05) is 23.5 Å². The highest BCUT2D eigenvalue weighted by Gasteiger charge is 2.25. The van der Waals surface area contributed by atoms with Crippen molar-refractivity contribution in [1.82, 2.24) is 9.97 Å². The molecule has 0 bridgehead atoms. The summed E-state index contributed by atoms with van der Waals surface area (Å²) >= 11 is 2.69. The van der Waals surface area contributed by atoms with Crippen LogP contribution in [0.25, 0.3) is 10.2 Å². The molecule has 2 heterocycles. The van der Waals surface area contributed by atoms with E-state index in [-0.39, 0.29) is 23.7 Å². The Morgan fingerprint density at radius 1 is 1.27 bits per heavy atom. The molecule has 4 rings (SSSR count). The molecule has 4 aromatic rings. The van der Waals surface area contributed by atoms with E-state index in [2.05, 4.69) is 15.3 Å². The lowest BCUT2D eigenvalue weighted by Crippen LogP contribution is -2.14. The number of benzene rings is 2. The van der Waals surface area contributed by atoms with Crippen molar-refractivity contribution < 1.29 is 19.2 Å². The molecule has 0 fully saturated rings. The van der Waals surface area contributed by atoms with E-state index >= 15 is 0 Å². The minimum absolute atomic E-state index is 0.119. The predicted molar refractivity (Wildman–Crippen MR) is 114 cm³/mol. The van der Waals surface area contributed by atoms with Gasteiger partial charge in [-0.2, -0.15) is 0 Å². The summed E-state index contributed by atoms with van der Waals surface area (Å²) in [7, 11) is 1.39. The van der Waals surface area contributed by atoms with E-state index in [0.717, 1.165) is 10.2 Å². The maximum Gasteiger partial charge on any atom is 0.286 e. The molecular weight excluding hydrogens is 428 g/mol. The Bertz CT molecular complexity index is 1190. The second-order valence-corrected chi connectivity index (χ2v) is 7.74. The molecule has 1 N–H and O–H groups in total. The Morgan fingerprint density at radius 3 is 2.80 bits per heavy atom. The number of amides is 1. The van der Waals surface area contributed by atoms with E-state index in [1.807, 2.05) is 24.3 Å². The third kappa shape index (κ3) is 4.07. The number of hydrogen-bond acceptors (Lipinski definition) is 9. The Morgan fingerprint density at radius 2 is 2.10 bits per heavy atom. The molecule has 0 radical (unpaired) electrons. The van der Waals surface area contributed by atoms with Gasteiger partial charge in [0.25, 0.3) is 11.6 Å². The number of carbonyl (C=O) groups is 1. The fourth-order valence-corrected chi connectivity index (χ4v) is 4.11. The molecule has 0 aliphatic heterocycles. The number of carbonyl (C=O) groups excluding carboxylic acids is 1. The number of para-hydroxylation sites is 1. The smallest absolute Gasteiger partial charge is 0.286 e. The third-order valence-electron chi connectivity index (χ3n) is 4.10. The van der Waals surface area contributed by atoms with Crippen LogP contribution in [-0.4, -0.2) is 27.9 Å². The fourth-order valence-electron chi connectivity index (χ4n) is 2.71. The van der Waals surface area contributed by atoms with Crippen molar-refractivity contribution in [2.45, 2.75) is 6.61 Å². The number of nitrogens with zero attached hydrogens (tertiary/aromatic N) is 3. The number of ether oxygens (including phenoxy) is 2. The second-order valence-electron chi connectivity index (χ2n) is 5.99. The van der Waals surface area contributed by atoms with Crippen LogP contribution in [0.15, 0.2) is 47.3 Å². The minimum Gasteiger partial charge on any atom is -0.493 e. The Hall–Kier alpha value is -3.57. The van der Waals surface area contributed by atoms with Crippen LogP contribution in [0.5, 0.6) is 11.5 Å². The lowest BCUT2D eigenvalue weighted by molar-refractivity contribution is -0.385. The van der Waals surface area contributed by atoms with Crippen LogP contribution in [0.2, 0.25) is 0 Å². The highest BCUT2D eigenvalue weighted by molar-refractivity contribution is 7.22. The monoisotopic (exact) mass is 442 g/mol. The average molecular weight is 442 g/mol. The van der Waals surface area contributed by atoms with E-state index in [4.69, 9.17) is 9.47 Å². The van der Waals surface area contributed by atoms with E-state index < -0.39 is 16.5 Å². The van der Waals surface area contributed by atoms with Gasteiger partial charge in [-0.05, 0) is 12.1 Å². The molecule has 0 atom stereocenters. The molecule has 30 heavy (non-hydrogen) atoms. The van der Waals surface area contributed by atoms with Crippen molar-refractivity contribution in [3.8, 4) is 11.5 Å². The van der Waals surface area contributed by atoms with Gasteiger partial charge in [0.05, 0.1) is 39.5 Å². The van der Waals surface area contributed by atoms with Gasteiger partial charge >= 0.3 is 0 Å². The number of nitrogens with one attached hydrogen (secondary N) is 1. The first-order valence-corrected chi connectivity index (χ1v) is 10.3. The molecule has 152 valence electrons. The van der Waals surface area contributed by atoms with Crippen molar-refractivity contribution in [2.75, 3.05) is 12.4 Å². The highest BCUT2D eigenvalue weighted by atomic mass is 32.1. The number of anilines is 1. The van der Waals surface area contributed by atoms with Gasteiger partial charge in [0.2, 0.25) is 0 Å². The fraction of sp³-hybridized carbons (Fsp3) is 0.105. The summed E-state index contributed by atoms with van der Waals surface area (Å²) in [6, 6.07) is 9.87. The Balaban J connectivity index is 1.63. The van der Waals surface area contributed by atoms with Crippen LogP contribution < -0.4 is 14.8 Å². The topological polar surface area (TPSA) is 116 Å². The minimum atomic E-state index is -0.662. The first kappa shape index (κ1) is 19.7. The summed E-state index contributed by atoms with van der Waals surface area (Å²) in [5.74, 6) is -0.316. The van der Waals surface area contributed by atoms with Gasteiger partial charge in [-0.25, -0.2) is 9.97 Å². The quantitative estimate of drug-likeness (QED) is 0.331. The zero-order chi connectivity index (χ0) is 21.1. The van der Waals surface area contributed by atoms with Gasteiger partial charge < -0.3 is 9.47 Å². The van der Waals surface area contributed by atoms with Gasteiger partial charge in [0.15, 0.2) is 16.6 Å². The van der Waals surface area contributed by atoms with Gasteiger partial charge in [-0.3, -0.25) is 20.2 Å². The lowest BCUT2D eigenvalue weighted by atomic mass is 10.1. The maximum absolute atomic E-state index is 12.8. The third-order valence-corrected chi connectivity index (χ3v) is 5.68. The Kier molecular flexibility index (Phi) is 5.55. The van der Waals surface area contributed by atoms with Crippen LogP contribution >= 0.6 is 22.7 Å². The summed E-state index contributed by atoms with van der Waals surface area (Å²) < 4.78 is 11.8. The van der Waals surface area contributed by atoms with E-state index in [1.54, 1.807) is 10.9 Å². The summed E-state index contributed by atoms with van der Waals surface area (Å²) in [6.45, 7) is 0.119. The molecule has 11 heteroatoms. The van der Waals surface area contributed by atoms with E-state index in [9.17, 15) is 14.9 Å². The average Bonchev–Trinajstić information content (AvgIpc) is 3.40. The summed E-state index contributed by atoms with van der Waals surface area (Å²) in [6.07, 6.45) is 0. The van der Waals surface area contributed by atoms with Gasteiger partial charge in [-0.15, -0.1) is 11.3 Å². The van der Waals surface area contributed by atoms with Crippen molar-refractivity contribution >= 4 is 49.6 Å². The van der Waals surface area contributed by atoms with Crippen LogP contribution in [0.4, 0.5) is 10.8 Å². The number of fused-ring (bicyclic) bond motifs is 1. The molecule has 2 aromatic carbocycles.